The van der Waals surface area contributed by atoms with Gasteiger partial charge in [-0.25, -0.2) is 4.39 Å². The molecule has 19 heavy (non-hydrogen) atoms. The third-order valence-corrected chi connectivity index (χ3v) is 3.68. The molecule has 1 heterocycles. The van der Waals surface area contributed by atoms with Crippen molar-refractivity contribution in [3.8, 4) is 11.5 Å². The van der Waals surface area contributed by atoms with Crippen LogP contribution in [0.5, 0.6) is 11.5 Å². The van der Waals surface area contributed by atoms with E-state index in [2.05, 4.69) is 13.8 Å². The van der Waals surface area contributed by atoms with E-state index in [1.165, 1.54) is 13.2 Å². The second-order valence-electron chi connectivity index (χ2n) is 5.03. The molecule has 3 atom stereocenters. The number of hydrogen-bond acceptors (Lipinski definition) is 3. The van der Waals surface area contributed by atoms with Crippen molar-refractivity contribution < 1.29 is 18.6 Å². The average molecular weight is 268 g/mol. The van der Waals surface area contributed by atoms with Crippen molar-refractivity contribution >= 4 is 0 Å². The van der Waals surface area contributed by atoms with Gasteiger partial charge in [0.1, 0.15) is 5.82 Å². The zero-order valence-corrected chi connectivity index (χ0v) is 11.9. The van der Waals surface area contributed by atoms with Crippen LogP contribution in [0.1, 0.15) is 25.8 Å². The molecular formula is C15H21FO3. The van der Waals surface area contributed by atoms with Crippen LogP contribution in [0.4, 0.5) is 4.39 Å². The summed E-state index contributed by atoms with van der Waals surface area (Å²) in [6, 6.07) is 3.10. The first-order valence-corrected chi connectivity index (χ1v) is 6.66. The summed E-state index contributed by atoms with van der Waals surface area (Å²) in [5, 5.41) is 0. The van der Waals surface area contributed by atoms with Gasteiger partial charge in [0.05, 0.1) is 26.4 Å². The molecule has 1 aromatic carbocycles. The Morgan fingerprint density at radius 1 is 1.26 bits per heavy atom. The van der Waals surface area contributed by atoms with E-state index in [9.17, 15) is 4.39 Å². The molecule has 2 rings (SSSR count). The fourth-order valence-corrected chi connectivity index (χ4v) is 2.50. The van der Waals surface area contributed by atoms with E-state index in [1.54, 1.807) is 13.2 Å². The van der Waals surface area contributed by atoms with Crippen molar-refractivity contribution in [1.29, 1.82) is 0 Å². The molecule has 0 saturated carbocycles. The van der Waals surface area contributed by atoms with Crippen molar-refractivity contribution in [2.75, 3.05) is 14.2 Å². The van der Waals surface area contributed by atoms with E-state index < -0.39 is 0 Å². The Hall–Kier alpha value is -1.29. The largest absolute Gasteiger partial charge is 0.493 e. The molecule has 0 aromatic heterocycles. The van der Waals surface area contributed by atoms with Crippen LogP contribution < -0.4 is 9.47 Å². The molecule has 0 N–H and O–H groups in total. The molecule has 1 aromatic rings. The second-order valence-corrected chi connectivity index (χ2v) is 5.03. The zero-order valence-electron chi connectivity index (χ0n) is 11.9. The number of benzene rings is 1. The Morgan fingerprint density at radius 3 is 2.42 bits per heavy atom. The summed E-state index contributed by atoms with van der Waals surface area (Å²) in [4.78, 5) is 0. The van der Waals surface area contributed by atoms with Crippen LogP contribution in [0, 0.1) is 11.7 Å². The van der Waals surface area contributed by atoms with Crippen LogP contribution in [0.15, 0.2) is 12.1 Å². The summed E-state index contributed by atoms with van der Waals surface area (Å²) < 4.78 is 29.9. The van der Waals surface area contributed by atoms with Gasteiger partial charge in [-0.3, -0.25) is 0 Å². The maximum Gasteiger partial charge on any atom is 0.163 e. The summed E-state index contributed by atoms with van der Waals surface area (Å²) in [5.41, 5.74) is 0.649. The molecule has 1 fully saturated rings. The summed E-state index contributed by atoms with van der Waals surface area (Å²) >= 11 is 0. The average Bonchev–Trinajstić information content (AvgIpc) is 3.20. The Labute approximate surface area is 113 Å². The van der Waals surface area contributed by atoms with Crippen molar-refractivity contribution in [1.82, 2.24) is 0 Å². The van der Waals surface area contributed by atoms with E-state index in [0.717, 1.165) is 6.42 Å². The van der Waals surface area contributed by atoms with E-state index >= 15 is 0 Å². The van der Waals surface area contributed by atoms with Crippen LogP contribution in [-0.2, 0) is 11.2 Å². The predicted molar refractivity (Wildman–Crippen MR) is 71.3 cm³/mol. The van der Waals surface area contributed by atoms with Gasteiger partial charge in [-0.15, -0.1) is 0 Å². The summed E-state index contributed by atoms with van der Waals surface area (Å²) in [7, 11) is 3.06. The van der Waals surface area contributed by atoms with Gasteiger partial charge < -0.3 is 14.2 Å². The number of methoxy groups -OCH3 is 2. The van der Waals surface area contributed by atoms with Crippen molar-refractivity contribution in [2.24, 2.45) is 5.92 Å². The number of epoxide rings is 1. The number of hydrogen-bond donors (Lipinski definition) is 0. The molecule has 106 valence electrons. The highest BCUT2D eigenvalue weighted by atomic mass is 19.1. The molecule has 1 aliphatic heterocycles. The Balaban J connectivity index is 2.11. The third kappa shape index (κ3) is 3.00. The van der Waals surface area contributed by atoms with Crippen LogP contribution in [-0.4, -0.2) is 26.4 Å². The lowest BCUT2D eigenvalue weighted by atomic mass is 9.95. The Kier molecular flexibility index (Phi) is 4.30. The molecule has 0 bridgehead atoms. The number of halogens is 1. The normalized spacial score (nSPS) is 23.0. The molecule has 0 radical (unpaired) electrons. The minimum atomic E-state index is -0.252. The zero-order chi connectivity index (χ0) is 14.0. The predicted octanol–water partition coefficient (Wildman–Crippen LogP) is 3.20. The molecule has 4 heteroatoms. The minimum Gasteiger partial charge on any atom is -0.493 e. The van der Waals surface area contributed by atoms with Gasteiger partial charge in [0.25, 0.3) is 0 Å². The monoisotopic (exact) mass is 268 g/mol. The van der Waals surface area contributed by atoms with Gasteiger partial charge in [0.15, 0.2) is 11.5 Å². The fraction of sp³-hybridized carbons (Fsp3) is 0.600. The van der Waals surface area contributed by atoms with Crippen LogP contribution >= 0.6 is 0 Å². The quantitative estimate of drug-likeness (QED) is 0.742. The molecular weight excluding hydrogens is 247 g/mol. The standard InChI is InChI=1S/C15H21FO3/c1-5-12-15(19-12)9(2)6-10-7-13(17-3)14(18-4)8-11(10)16/h7-9,12,15H,5-6H2,1-4H3. The SMILES string of the molecule is CCC1OC1C(C)Cc1cc(OC)c(OC)cc1F. The molecule has 3 nitrogen and oxygen atoms in total. The van der Waals surface area contributed by atoms with Gasteiger partial charge >= 0.3 is 0 Å². The van der Waals surface area contributed by atoms with Gasteiger partial charge in [-0.1, -0.05) is 13.8 Å². The maximum absolute atomic E-state index is 14.0. The van der Waals surface area contributed by atoms with E-state index in [-0.39, 0.29) is 11.9 Å². The van der Waals surface area contributed by atoms with Gasteiger partial charge in [0.2, 0.25) is 0 Å². The topological polar surface area (TPSA) is 31.0 Å². The van der Waals surface area contributed by atoms with Gasteiger partial charge in [-0.2, -0.15) is 0 Å². The minimum absolute atomic E-state index is 0.252. The first kappa shape index (κ1) is 14.1. The van der Waals surface area contributed by atoms with Gasteiger partial charge in [0, 0.05) is 6.07 Å². The third-order valence-electron chi connectivity index (χ3n) is 3.68. The highest BCUT2D eigenvalue weighted by Crippen LogP contribution is 2.36. The van der Waals surface area contributed by atoms with Crippen molar-refractivity contribution in [2.45, 2.75) is 38.9 Å². The fourth-order valence-electron chi connectivity index (χ4n) is 2.50. The van der Waals surface area contributed by atoms with E-state index in [0.29, 0.717) is 35.5 Å². The maximum atomic E-state index is 14.0. The lowest BCUT2D eigenvalue weighted by Crippen LogP contribution is -2.11. The summed E-state index contributed by atoms with van der Waals surface area (Å²) in [6.45, 7) is 4.20. The highest BCUT2D eigenvalue weighted by Gasteiger charge is 2.41. The summed E-state index contributed by atoms with van der Waals surface area (Å²) in [5.74, 6) is 1.04. The molecule has 0 aliphatic carbocycles. The van der Waals surface area contributed by atoms with Crippen molar-refractivity contribution in [3.63, 3.8) is 0 Å². The van der Waals surface area contributed by atoms with Crippen LogP contribution in [0.3, 0.4) is 0 Å². The molecule has 1 saturated heterocycles. The van der Waals surface area contributed by atoms with Crippen LogP contribution in [0.2, 0.25) is 0 Å². The van der Waals surface area contributed by atoms with Crippen LogP contribution in [0.25, 0.3) is 0 Å². The lowest BCUT2D eigenvalue weighted by Gasteiger charge is -2.13. The highest BCUT2D eigenvalue weighted by molar-refractivity contribution is 5.43. The Morgan fingerprint density at radius 2 is 1.89 bits per heavy atom. The lowest BCUT2D eigenvalue weighted by molar-refractivity contribution is 0.320. The Bertz CT molecular complexity index is 447. The molecule has 3 unspecified atom stereocenters. The smallest absolute Gasteiger partial charge is 0.163 e. The van der Waals surface area contributed by atoms with Crippen molar-refractivity contribution in [3.05, 3.63) is 23.5 Å². The summed E-state index contributed by atoms with van der Waals surface area (Å²) in [6.07, 6.45) is 2.27. The number of rotatable bonds is 6. The second kappa shape index (κ2) is 5.78. The molecule has 1 aliphatic rings. The van der Waals surface area contributed by atoms with Gasteiger partial charge in [-0.05, 0) is 30.4 Å². The molecule has 0 spiro atoms. The first-order valence-electron chi connectivity index (χ1n) is 6.66. The van der Waals surface area contributed by atoms with E-state index in [1.807, 2.05) is 0 Å². The molecule has 0 amide bonds. The first-order chi connectivity index (χ1) is 9.10. The van der Waals surface area contributed by atoms with E-state index in [4.69, 9.17) is 14.2 Å². The number of ether oxygens (including phenoxy) is 3.